The van der Waals surface area contributed by atoms with Crippen LogP contribution in [0.3, 0.4) is 0 Å². The Labute approximate surface area is 98.4 Å². The van der Waals surface area contributed by atoms with E-state index in [0.29, 0.717) is 18.6 Å². The molecule has 1 aliphatic rings. The van der Waals surface area contributed by atoms with Crippen molar-refractivity contribution in [1.29, 1.82) is 0 Å². The van der Waals surface area contributed by atoms with Crippen LogP contribution in [0.25, 0.3) is 0 Å². The Balaban J connectivity index is 1.94. The normalized spacial score (nSPS) is 20.2. The van der Waals surface area contributed by atoms with Crippen LogP contribution in [0.15, 0.2) is 29.7 Å². The number of rotatable bonds is 3. The molecule has 1 aliphatic heterocycles. The van der Waals surface area contributed by atoms with Gasteiger partial charge in [-0.05, 0) is 25.0 Å². The van der Waals surface area contributed by atoms with Gasteiger partial charge < -0.3 is 15.3 Å². The van der Waals surface area contributed by atoms with E-state index in [4.69, 9.17) is 15.3 Å². The first-order chi connectivity index (χ1) is 8.27. The first-order valence-electron chi connectivity index (χ1n) is 5.33. The molecule has 1 saturated heterocycles. The summed E-state index contributed by atoms with van der Waals surface area (Å²) in [5, 5.41) is 3.56. The number of nitrogens with zero attached hydrogens (tertiary/aromatic N) is 2. The highest BCUT2D eigenvalue weighted by Crippen LogP contribution is 2.13. The summed E-state index contributed by atoms with van der Waals surface area (Å²) in [7, 11) is 0. The van der Waals surface area contributed by atoms with Crippen LogP contribution in [0.5, 0.6) is 0 Å². The summed E-state index contributed by atoms with van der Waals surface area (Å²) in [5.41, 5.74) is 6.24. The average molecular weight is 235 g/mol. The molecule has 0 saturated carbocycles. The molecule has 0 radical (unpaired) electrons. The number of carbonyl (C=O) groups is 1. The van der Waals surface area contributed by atoms with Gasteiger partial charge in [-0.15, -0.1) is 0 Å². The maximum absolute atomic E-state index is 11.5. The molecule has 90 valence electrons. The zero-order valence-electron chi connectivity index (χ0n) is 9.20. The van der Waals surface area contributed by atoms with Crippen molar-refractivity contribution in [2.75, 3.05) is 6.61 Å². The lowest BCUT2D eigenvalue weighted by Gasteiger charge is -2.05. The number of ether oxygens (including phenoxy) is 1. The maximum atomic E-state index is 11.5. The van der Waals surface area contributed by atoms with Crippen molar-refractivity contribution in [2.24, 2.45) is 10.9 Å². The average Bonchev–Trinajstić information content (AvgIpc) is 2.90. The van der Waals surface area contributed by atoms with Crippen molar-refractivity contribution in [3.8, 4) is 0 Å². The van der Waals surface area contributed by atoms with Gasteiger partial charge in [0.2, 0.25) is 0 Å². The van der Waals surface area contributed by atoms with E-state index in [0.717, 1.165) is 6.42 Å². The third kappa shape index (κ3) is 3.01. The number of amidine groups is 1. The van der Waals surface area contributed by atoms with Crippen LogP contribution in [0.1, 0.15) is 18.4 Å². The number of oxime groups is 1. The molecule has 0 bridgehead atoms. The number of hydrogen-bond acceptors (Lipinski definition) is 5. The molecule has 2 rings (SSSR count). The van der Waals surface area contributed by atoms with E-state index in [2.05, 4.69) is 10.1 Å². The summed E-state index contributed by atoms with van der Waals surface area (Å²) in [6.45, 7) is 0.585. The van der Waals surface area contributed by atoms with Gasteiger partial charge in [-0.3, -0.25) is 4.98 Å². The third-order valence-electron chi connectivity index (χ3n) is 2.38. The summed E-state index contributed by atoms with van der Waals surface area (Å²) < 4.78 is 5.16. The second-order valence-electron chi connectivity index (χ2n) is 3.63. The Morgan fingerprint density at radius 1 is 1.65 bits per heavy atom. The molecule has 2 heterocycles. The van der Waals surface area contributed by atoms with E-state index < -0.39 is 12.1 Å². The lowest BCUT2D eigenvalue weighted by Crippen LogP contribution is -2.22. The van der Waals surface area contributed by atoms with E-state index in [-0.39, 0.29) is 5.84 Å². The van der Waals surface area contributed by atoms with Crippen molar-refractivity contribution in [1.82, 2.24) is 4.98 Å². The smallest absolute Gasteiger partial charge is 0.363 e. The molecule has 0 amide bonds. The van der Waals surface area contributed by atoms with Gasteiger partial charge in [0, 0.05) is 24.6 Å². The molecular formula is C11H13N3O3. The quantitative estimate of drug-likeness (QED) is 0.355. The lowest BCUT2D eigenvalue weighted by molar-refractivity contribution is -0.154. The predicted molar refractivity (Wildman–Crippen MR) is 60.0 cm³/mol. The van der Waals surface area contributed by atoms with Gasteiger partial charge in [0.25, 0.3) is 0 Å². The SMILES string of the molecule is N/C(=N\OC(=O)[C@H]1CCCO1)c1cccnc1. The fourth-order valence-corrected chi connectivity index (χ4v) is 1.48. The summed E-state index contributed by atoms with van der Waals surface area (Å²) in [6.07, 6.45) is 4.18. The molecule has 2 N–H and O–H groups in total. The van der Waals surface area contributed by atoms with Crippen molar-refractivity contribution in [2.45, 2.75) is 18.9 Å². The van der Waals surface area contributed by atoms with E-state index in [1.165, 1.54) is 0 Å². The van der Waals surface area contributed by atoms with Gasteiger partial charge in [-0.2, -0.15) is 0 Å². The van der Waals surface area contributed by atoms with Crippen molar-refractivity contribution in [3.63, 3.8) is 0 Å². The standard InChI is InChI=1S/C11H13N3O3/c12-10(8-3-1-5-13-7-8)14-17-11(15)9-4-2-6-16-9/h1,3,5,7,9H,2,4,6H2,(H2,12,14)/t9-/m1/s1. The van der Waals surface area contributed by atoms with Crippen LogP contribution >= 0.6 is 0 Å². The number of hydrogen-bond donors (Lipinski definition) is 1. The minimum atomic E-state index is -0.513. The van der Waals surface area contributed by atoms with Crippen molar-refractivity contribution in [3.05, 3.63) is 30.1 Å². The number of aromatic nitrogens is 1. The Hall–Kier alpha value is -1.95. The van der Waals surface area contributed by atoms with Gasteiger partial charge >= 0.3 is 5.97 Å². The number of pyridine rings is 1. The Bertz CT molecular complexity index is 413. The van der Waals surface area contributed by atoms with Crippen molar-refractivity contribution >= 4 is 11.8 Å². The summed E-state index contributed by atoms with van der Waals surface area (Å²) in [6, 6.07) is 3.45. The molecule has 0 aromatic carbocycles. The highest BCUT2D eigenvalue weighted by atomic mass is 16.7. The monoisotopic (exact) mass is 235 g/mol. The fourth-order valence-electron chi connectivity index (χ4n) is 1.48. The third-order valence-corrected chi connectivity index (χ3v) is 2.38. The van der Waals surface area contributed by atoms with Crippen LogP contribution in [0.2, 0.25) is 0 Å². The molecule has 17 heavy (non-hydrogen) atoms. The van der Waals surface area contributed by atoms with Crippen LogP contribution in [-0.2, 0) is 14.4 Å². The Morgan fingerprint density at radius 2 is 2.53 bits per heavy atom. The lowest BCUT2D eigenvalue weighted by atomic mass is 10.2. The topological polar surface area (TPSA) is 86.8 Å². The minimum absolute atomic E-state index is 0.115. The Kier molecular flexibility index (Phi) is 3.66. The molecule has 0 spiro atoms. The van der Waals surface area contributed by atoms with Crippen LogP contribution in [-0.4, -0.2) is 29.5 Å². The fraction of sp³-hybridized carbons (Fsp3) is 0.364. The molecular weight excluding hydrogens is 222 g/mol. The second-order valence-corrected chi connectivity index (χ2v) is 3.63. The van der Waals surface area contributed by atoms with E-state index in [1.807, 2.05) is 0 Å². The number of carbonyl (C=O) groups excluding carboxylic acids is 1. The zero-order valence-corrected chi connectivity index (χ0v) is 9.20. The van der Waals surface area contributed by atoms with Crippen LogP contribution in [0, 0.1) is 0 Å². The zero-order chi connectivity index (χ0) is 12.1. The van der Waals surface area contributed by atoms with E-state index in [1.54, 1.807) is 24.5 Å². The maximum Gasteiger partial charge on any atom is 0.363 e. The van der Waals surface area contributed by atoms with Gasteiger partial charge in [-0.25, -0.2) is 4.79 Å². The molecule has 0 unspecified atom stereocenters. The minimum Gasteiger partial charge on any atom is -0.380 e. The van der Waals surface area contributed by atoms with E-state index in [9.17, 15) is 4.79 Å². The molecule has 1 fully saturated rings. The highest BCUT2D eigenvalue weighted by Gasteiger charge is 2.25. The Morgan fingerprint density at radius 3 is 3.18 bits per heavy atom. The number of nitrogens with two attached hydrogens (primary N) is 1. The predicted octanol–water partition coefficient (Wildman–Crippen LogP) is 0.424. The van der Waals surface area contributed by atoms with Gasteiger partial charge in [-0.1, -0.05) is 5.16 Å². The molecule has 6 heteroatoms. The molecule has 1 aromatic rings. The largest absolute Gasteiger partial charge is 0.380 e. The second kappa shape index (κ2) is 5.40. The van der Waals surface area contributed by atoms with Crippen molar-refractivity contribution < 1.29 is 14.4 Å². The van der Waals surface area contributed by atoms with Crippen LogP contribution in [0.4, 0.5) is 0 Å². The first-order valence-corrected chi connectivity index (χ1v) is 5.33. The van der Waals surface area contributed by atoms with E-state index >= 15 is 0 Å². The molecule has 6 nitrogen and oxygen atoms in total. The van der Waals surface area contributed by atoms with Gasteiger partial charge in [0.15, 0.2) is 11.9 Å². The summed E-state index contributed by atoms with van der Waals surface area (Å²) in [4.78, 5) is 20.1. The van der Waals surface area contributed by atoms with Gasteiger partial charge in [0.1, 0.15) is 0 Å². The molecule has 1 atom stereocenters. The van der Waals surface area contributed by atoms with Gasteiger partial charge in [0.05, 0.1) is 0 Å². The highest BCUT2D eigenvalue weighted by molar-refractivity contribution is 5.97. The molecule has 0 aliphatic carbocycles. The first kappa shape index (κ1) is 11.5. The summed E-state index contributed by atoms with van der Waals surface area (Å²) >= 11 is 0. The summed E-state index contributed by atoms with van der Waals surface area (Å²) in [5.74, 6) is -0.390. The molecule has 1 aromatic heterocycles. The van der Waals surface area contributed by atoms with Crippen LogP contribution < -0.4 is 5.73 Å².